The van der Waals surface area contributed by atoms with E-state index >= 15 is 0 Å². The van der Waals surface area contributed by atoms with Gasteiger partial charge in [0.05, 0.1) is 15.7 Å². The van der Waals surface area contributed by atoms with Gasteiger partial charge in [-0.05, 0) is 36.2 Å². The first-order chi connectivity index (χ1) is 9.02. The van der Waals surface area contributed by atoms with Gasteiger partial charge in [0, 0.05) is 10.6 Å². The van der Waals surface area contributed by atoms with Crippen molar-refractivity contribution in [2.24, 2.45) is 4.99 Å². The van der Waals surface area contributed by atoms with Gasteiger partial charge in [-0.1, -0.05) is 46.9 Å². The number of aliphatic imine (C=N–C) groups is 1. The quantitative estimate of drug-likeness (QED) is 0.525. The molecule has 96 valence electrons. The lowest BCUT2D eigenvalue weighted by Gasteiger charge is -2.09. The van der Waals surface area contributed by atoms with Crippen molar-refractivity contribution in [3.05, 3.63) is 51.0 Å². The molecule has 0 saturated heterocycles. The minimum Gasteiger partial charge on any atom is -0.211 e. The maximum Gasteiger partial charge on any atom is 0.240 e. The van der Waals surface area contributed by atoms with Gasteiger partial charge in [-0.3, -0.25) is 0 Å². The third kappa shape index (κ3) is 2.99. The molecule has 5 heteroatoms. The molecule has 0 saturated carbocycles. The third-order valence-corrected chi connectivity index (χ3v) is 3.67. The second kappa shape index (κ2) is 5.77. The molecule has 0 aromatic heterocycles. The summed E-state index contributed by atoms with van der Waals surface area (Å²) < 4.78 is 0. The van der Waals surface area contributed by atoms with Crippen molar-refractivity contribution < 1.29 is 4.79 Å². The van der Waals surface area contributed by atoms with Crippen LogP contribution in [0.5, 0.6) is 0 Å². The van der Waals surface area contributed by atoms with E-state index < -0.39 is 0 Å². The zero-order valence-corrected chi connectivity index (χ0v) is 12.1. The second-order valence-corrected chi connectivity index (χ2v) is 5.17. The van der Waals surface area contributed by atoms with Crippen LogP contribution in [0.3, 0.4) is 0 Å². The Hall–Kier alpha value is -1.31. The average molecular weight is 313 g/mol. The number of isocyanates is 1. The number of nitrogens with zero attached hydrogens (tertiary/aromatic N) is 1. The third-order valence-electron chi connectivity index (χ3n) is 2.58. The van der Waals surface area contributed by atoms with Crippen LogP contribution in [0.25, 0.3) is 11.1 Å². The van der Waals surface area contributed by atoms with Crippen molar-refractivity contribution in [3.8, 4) is 11.1 Å². The fourth-order valence-electron chi connectivity index (χ4n) is 1.79. The zero-order valence-electron chi connectivity index (χ0n) is 9.88. The maximum atomic E-state index is 10.3. The summed E-state index contributed by atoms with van der Waals surface area (Å²) in [6.45, 7) is 1.94. The van der Waals surface area contributed by atoms with Gasteiger partial charge in [0.1, 0.15) is 0 Å². The first-order valence-electron chi connectivity index (χ1n) is 5.36. The lowest BCUT2D eigenvalue weighted by atomic mass is 10.0. The Labute approximate surface area is 125 Å². The molecule has 2 aromatic carbocycles. The number of benzene rings is 2. The Bertz CT molecular complexity index is 671. The molecule has 2 rings (SSSR count). The highest BCUT2D eigenvalue weighted by Crippen LogP contribution is 2.40. The molecule has 0 aliphatic carbocycles. The van der Waals surface area contributed by atoms with Crippen LogP contribution in [0.4, 0.5) is 5.69 Å². The molecule has 0 spiro atoms. The molecule has 19 heavy (non-hydrogen) atoms. The van der Waals surface area contributed by atoms with Crippen molar-refractivity contribution >= 4 is 46.6 Å². The summed E-state index contributed by atoms with van der Waals surface area (Å²) in [5.41, 5.74) is 2.91. The van der Waals surface area contributed by atoms with Gasteiger partial charge >= 0.3 is 0 Å². The van der Waals surface area contributed by atoms with Crippen LogP contribution in [-0.4, -0.2) is 6.08 Å². The van der Waals surface area contributed by atoms with E-state index in [1.54, 1.807) is 18.2 Å². The number of hydrogen-bond donors (Lipinski definition) is 0. The predicted octanol–water partition coefficient (Wildman–Crippen LogP) is 5.59. The molecule has 0 aliphatic heterocycles. The van der Waals surface area contributed by atoms with E-state index in [-0.39, 0.29) is 5.02 Å². The molecule has 0 amide bonds. The zero-order chi connectivity index (χ0) is 14.0. The predicted molar refractivity (Wildman–Crippen MR) is 79.4 cm³/mol. The summed E-state index contributed by atoms with van der Waals surface area (Å²) in [5, 5.41) is 1.18. The number of carbonyl (C=O) groups excluding carboxylic acids is 1. The van der Waals surface area contributed by atoms with E-state index in [9.17, 15) is 4.79 Å². The molecule has 0 atom stereocenters. The Morgan fingerprint density at radius 1 is 1.05 bits per heavy atom. The number of aryl methyl sites for hydroxylation is 1. The molecule has 0 radical (unpaired) electrons. The number of rotatable bonds is 2. The van der Waals surface area contributed by atoms with Gasteiger partial charge in [-0.15, -0.1) is 0 Å². The fraction of sp³-hybridized carbons (Fsp3) is 0.0714. The smallest absolute Gasteiger partial charge is 0.211 e. The summed E-state index contributed by atoms with van der Waals surface area (Å²) in [7, 11) is 0. The highest BCUT2D eigenvalue weighted by molar-refractivity contribution is 6.45. The van der Waals surface area contributed by atoms with E-state index in [1.807, 2.05) is 19.1 Å². The van der Waals surface area contributed by atoms with Crippen LogP contribution in [0.2, 0.25) is 15.1 Å². The van der Waals surface area contributed by atoms with Gasteiger partial charge < -0.3 is 0 Å². The van der Waals surface area contributed by atoms with Gasteiger partial charge in [0.2, 0.25) is 6.08 Å². The Morgan fingerprint density at radius 3 is 2.42 bits per heavy atom. The Kier molecular flexibility index (Phi) is 4.28. The lowest BCUT2D eigenvalue weighted by Crippen LogP contribution is -1.83. The van der Waals surface area contributed by atoms with Crippen LogP contribution < -0.4 is 0 Å². The van der Waals surface area contributed by atoms with Crippen molar-refractivity contribution in [2.75, 3.05) is 0 Å². The summed E-state index contributed by atoms with van der Waals surface area (Å²) >= 11 is 18.3. The van der Waals surface area contributed by atoms with Crippen LogP contribution in [0.1, 0.15) is 5.56 Å². The first kappa shape index (κ1) is 14.1. The van der Waals surface area contributed by atoms with Crippen molar-refractivity contribution in [1.29, 1.82) is 0 Å². The first-order valence-corrected chi connectivity index (χ1v) is 6.49. The van der Waals surface area contributed by atoms with E-state index in [2.05, 4.69) is 4.99 Å². The maximum absolute atomic E-state index is 10.3. The standard InChI is InChI=1S/C14H8Cl3NO/c1-8-4-9(6-10(15)5-8)11-2-3-12(18-7-19)14(17)13(11)16/h2-6H,1H3. The summed E-state index contributed by atoms with van der Waals surface area (Å²) in [6.07, 6.45) is 1.44. The Morgan fingerprint density at radius 2 is 1.79 bits per heavy atom. The summed E-state index contributed by atoms with van der Waals surface area (Å²) in [5.74, 6) is 0. The molecule has 0 N–H and O–H groups in total. The summed E-state index contributed by atoms with van der Waals surface area (Å²) in [6, 6.07) is 8.96. The molecular formula is C14H8Cl3NO. The van der Waals surface area contributed by atoms with Gasteiger partial charge in [0.15, 0.2) is 0 Å². The van der Waals surface area contributed by atoms with E-state index in [4.69, 9.17) is 34.8 Å². The fourth-order valence-corrected chi connectivity index (χ4v) is 2.56. The van der Waals surface area contributed by atoms with Gasteiger partial charge in [-0.25, -0.2) is 4.79 Å². The van der Waals surface area contributed by atoms with Crippen LogP contribution >= 0.6 is 34.8 Å². The molecule has 0 unspecified atom stereocenters. The van der Waals surface area contributed by atoms with Crippen molar-refractivity contribution in [2.45, 2.75) is 6.92 Å². The van der Waals surface area contributed by atoms with Crippen LogP contribution in [0, 0.1) is 6.92 Å². The van der Waals surface area contributed by atoms with Crippen LogP contribution in [-0.2, 0) is 4.79 Å². The minimum atomic E-state index is 0.222. The monoisotopic (exact) mass is 311 g/mol. The SMILES string of the molecule is Cc1cc(Cl)cc(-c2ccc(N=C=O)c(Cl)c2Cl)c1. The molecule has 0 aliphatic rings. The summed E-state index contributed by atoms with van der Waals surface area (Å²) in [4.78, 5) is 13.8. The Balaban J connectivity index is 2.63. The molecule has 0 bridgehead atoms. The molecule has 0 heterocycles. The van der Waals surface area contributed by atoms with E-state index in [1.165, 1.54) is 6.08 Å². The van der Waals surface area contributed by atoms with Gasteiger partial charge in [-0.2, -0.15) is 4.99 Å². The minimum absolute atomic E-state index is 0.222. The lowest BCUT2D eigenvalue weighted by molar-refractivity contribution is 0.565. The van der Waals surface area contributed by atoms with Crippen LogP contribution in [0.15, 0.2) is 35.3 Å². The van der Waals surface area contributed by atoms with E-state index in [0.717, 1.165) is 16.7 Å². The highest BCUT2D eigenvalue weighted by Gasteiger charge is 2.12. The highest BCUT2D eigenvalue weighted by atomic mass is 35.5. The second-order valence-electron chi connectivity index (χ2n) is 3.98. The number of hydrogen-bond acceptors (Lipinski definition) is 2. The largest absolute Gasteiger partial charge is 0.240 e. The number of halogens is 3. The average Bonchev–Trinajstić information content (AvgIpc) is 2.34. The molecule has 2 aromatic rings. The van der Waals surface area contributed by atoms with Crippen molar-refractivity contribution in [1.82, 2.24) is 0 Å². The van der Waals surface area contributed by atoms with E-state index in [0.29, 0.717) is 15.7 Å². The van der Waals surface area contributed by atoms with Gasteiger partial charge in [0.25, 0.3) is 0 Å². The topological polar surface area (TPSA) is 29.4 Å². The molecule has 2 nitrogen and oxygen atoms in total. The molecule has 0 fully saturated rings. The van der Waals surface area contributed by atoms with Crippen molar-refractivity contribution in [3.63, 3.8) is 0 Å². The normalized spacial score (nSPS) is 10.1. The molecular weight excluding hydrogens is 305 g/mol.